The van der Waals surface area contributed by atoms with Gasteiger partial charge in [-0.05, 0) is 25.5 Å². The lowest BCUT2D eigenvalue weighted by Gasteiger charge is -2.23. The molecule has 1 saturated heterocycles. The van der Waals surface area contributed by atoms with Crippen molar-refractivity contribution >= 4 is 24.0 Å². The Hall–Kier alpha value is -1.73. The highest BCUT2D eigenvalue weighted by Crippen LogP contribution is 2.16. The zero-order valence-corrected chi connectivity index (χ0v) is 11.4. The van der Waals surface area contributed by atoms with Crippen molar-refractivity contribution in [2.75, 3.05) is 13.1 Å². The van der Waals surface area contributed by atoms with Gasteiger partial charge in [0.1, 0.15) is 5.82 Å². The summed E-state index contributed by atoms with van der Waals surface area (Å²) < 4.78 is 13.6. The molecule has 2 N–H and O–H groups in total. The van der Waals surface area contributed by atoms with Gasteiger partial charge in [-0.3, -0.25) is 14.9 Å². The fourth-order valence-electron chi connectivity index (χ4n) is 2.04. The Labute approximate surface area is 121 Å². The van der Waals surface area contributed by atoms with Crippen LogP contribution in [0, 0.1) is 15.9 Å². The van der Waals surface area contributed by atoms with Crippen LogP contribution in [0.3, 0.4) is 0 Å². The number of rotatable bonds is 3. The molecule has 1 aliphatic heterocycles. The number of carbonyl (C=O) groups excluding carboxylic acids is 1. The Morgan fingerprint density at radius 1 is 1.50 bits per heavy atom. The summed E-state index contributed by atoms with van der Waals surface area (Å²) in [5, 5.41) is 16.3. The number of hydrogen-bond acceptors (Lipinski definition) is 4. The van der Waals surface area contributed by atoms with Crippen LogP contribution in [0.2, 0.25) is 0 Å². The largest absolute Gasteiger partial charge is 0.348 e. The highest BCUT2D eigenvalue weighted by atomic mass is 35.5. The Bertz CT molecular complexity index is 507. The lowest BCUT2D eigenvalue weighted by atomic mass is 10.1. The van der Waals surface area contributed by atoms with E-state index >= 15 is 0 Å². The molecule has 1 aromatic rings. The quantitative estimate of drug-likeness (QED) is 0.657. The second-order valence-corrected chi connectivity index (χ2v) is 4.44. The fraction of sp³-hybridized carbons (Fsp3) is 0.417. The van der Waals surface area contributed by atoms with Gasteiger partial charge in [-0.15, -0.1) is 12.4 Å². The molecule has 20 heavy (non-hydrogen) atoms. The standard InChI is InChI=1S/C12H14FN3O3.ClH/c13-11-6-9(16(18)19)3-4-10(11)12(17)15-8-2-1-5-14-7-8;/h3-4,6,8,14H,1-2,5,7H2,(H,15,17);1H. The summed E-state index contributed by atoms with van der Waals surface area (Å²) in [6.45, 7) is 1.57. The number of hydrogen-bond donors (Lipinski definition) is 2. The van der Waals surface area contributed by atoms with Gasteiger partial charge in [0.15, 0.2) is 0 Å². The van der Waals surface area contributed by atoms with Crippen molar-refractivity contribution in [3.8, 4) is 0 Å². The summed E-state index contributed by atoms with van der Waals surface area (Å²) in [7, 11) is 0. The van der Waals surface area contributed by atoms with Crippen LogP contribution in [-0.2, 0) is 0 Å². The molecular weight excluding hydrogens is 289 g/mol. The fourth-order valence-corrected chi connectivity index (χ4v) is 2.04. The summed E-state index contributed by atoms with van der Waals surface area (Å²) in [4.78, 5) is 21.6. The third kappa shape index (κ3) is 3.88. The summed E-state index contributed by atoms with van der Waals surface area (Å²) >= 11 is 0. The molecule has 0 spiro atoms. The molecule has 1 aliphatic rings. The van der Waals surface area contributed by atoms with E-state index < -0.39 is 16.6 Å². The average molecular weight is 304 g/mol. The first-order chi connectivity index (χ1) is 9.08. The number of nitrogens with one attached hydrogen (secondary N) is 2. The van der Waals surface area contributed by atoms with E-state index in [1.54, 1.807) is 0 Å². The summed E-state index contributed by atoms with van der Waals surface area (Å²) in [5.74, 6) is -1.42. The first kappa shape index (κ1) is 16.3. The van der Waals surface area contributed by atoms with Gasteiger partial charge in [0, 0.05) is 18.7 Å². The molecule has 1 fully saturated rings. The minimum atomic E-state index is -0.879. The average Bonchev–Trinajstić information content (AvgIpc) is 2.39. The molecule has 0 saturated carbocycles. The van der Waals surface area contributed by atoms with Crippen LogP contribution in [-0.4, -0.2) is 30.0 Å². The zero-order valence-electron chi connectivity index (χ0n) is 10.6. The second kappa shape index (κ2) is 7.16. The van der Waals surface area contributed by atoms with Crippen LogP contribution >= 0.6 is 12.4 Å². The number of nitro groups is 1. The number of nitrogens with zero attached hydrogens (tertiary/aromatic N) is 1. The maximum absolute atomic E-state index is 13.6. The van der Waals surface area contributed by atoms with E-state index in [4.69, 9.17) is 0 Å². The molecule has 6 nitrogen and oxygen atoms in total. The van der Waals surface area contributed by atoms with E-state index in [1.807, 2.05) is 0 Å². The zero-order chi connectivity index (χ0) is 13.8. The lowest BCUT2D eigenvalue weighted by molar-refractivity contribution is -0.385. The van der Waals surface area contributed by atoms with E-state index in [0.29, 0.717) is 6.54 Å². The summed E-state index contributed by atoms with van der Waals surface area (Å²) in [6, 6.07) is 2.99. The molecule has 1 amide bonds. The predicted octanol–water partition coefficient (Wildman–Crippen LogP) is 1.64. The number of nitro benzene ring substituents is 1. The number of amides is 1. The van der Waals surface area contributed by atoms with Gasteiger partial charge < -0.3 is 10.6 Å². The van der Waals surface area contributed by atoms with E-state index in [9.17, 15) is 19.3 Å². The van der Waals surface area contributed by atoms with Gasteiger partial charge in [-0.2, -0.15) is 0 Å². The predicted molar refractivity (Wildman–Crippen MR) is 73.7 cm³/mol. The highest BCUT2D eigenvalue weighted by Gasteiger charge is 2.20. The summed E-state index contributed by atoms with van der Waals surface area (Å²) in [6.07, 6.45) is 1.79. The van der Waals surface area contributed by atoms with E-state index in [-0.39, 0.29) is 29.7 Å². The molecule has 1 atom stereocenters. The van der Waals surface area contributed by atoms with Crippen LogP contribution in [0.5, 0.6) is 0 Å². The molecule has 1 heterocycles. The number of carbonyl (C=O) groups is 1. The number of halogens is 2. The van der Waals surface area contributed by atoms with Crippen LogP contribution in [0.1, 0.15) is 23.2 Å². The smallest absolute Gasteiger partial charge is 0.272 e. The number of piperidine rings is 1. The Morgan fingerprint density at radius 3 is 2.80 bits per heavy atom. The van der Waals surface area contributed by atoms with Crippen molar-refractivity contribution in [3.05, 3.63) is 39.7 Å². The Morgan fingerprint density at radius 2 is 2.25 bits per heavy atom. The van der Waals surface area contributed by atoms with Crippen molar-refractivity contribution in [3.63, 3.8) is 0 Å². The molecule has 0 bridgehead atoms. The van der Waals surface area contributed by atoms with Gasteiger partial charge in [-0.1, -0.05) is 0 Å². The first-order valence-corrected chi connectivity index (χ1v) is 6.03. The van der Waals surface area contributed by atoms with Gasteiger partial charge in [0.25, 0.3) is 11.6 Å². The van der Waals surface area contributed by atoms with E-state index in [1.165, 1.54) is 0 Å². The maximum atomic E-state index is 13.6. The number of non-ortho nitro benzene ring substituents is 1. The normalized spacial score (nSPS) is 17.9. The third-order valence-electron chi connectivity index (χ3n) is 3.04. The molecule has 0 radical (unpaired) electrons. The molecule has 1 unspecified atom stereocenters. The van der Waals surface area contributed by atoms with Crippen LogP contribution in [0.15, 0.2) is 18.2 Å². The van der Waals surface area contributed by atoms with Crippen molar-refractivity contribution in [1.82, 2.24) is 10.6 Å². The molecule has 1 aromatic carbocycles. The Balaban J connectivity index is 0.00000200. The molecule has 110 valence electrons. The monoisotopic (exact) mass is 303 g/mol. The van der Waals surface area contributed by atoms with Crippen molar-refractivity contribution in [2.45, 2.75) is 18.9 Å². The Kier molecular flexibility index (Phi) is 5.84. The minimum absolute atomic E-state index is 0. The van der Waals surface area contributed by atoms with Crippen molar-refractivity contribution < 1.29 is 14.1 Å². The number of benzene rings is 1. The van der Waals surface area contributed by atoms with Gasteiger partial charge in [0.05, 0.1) is 16.6 Å². The topological polar surface area (TPSA) is 84.3 Å². The van der Waals surface area contributed by atoms with Crippen molar-refractivity contribution in [2.24, 2.45) is 0 Å². The third-order valence-corrected chi connectivity index (χ3v) is 3.04. The lowest BCUT2D eigenvalue weighted by Crippen LogP contribution is -2.45. The van der Waals surface area contributed by atoms with Crippen LogP contribution < -0.4 is 10.6 Å². The SMILES string of the molecule is Cl.O=C(NC1CCCNC1)c1ccc([N+](=O)[O-])cc1F. The van der Waals surface area contributed by atoms with Crippen LogP contribution in [0.25, 0.3) is 0 Å². The second-order valence-electron chi connectivity index (χ2n) is 4.44. The maximum Gasteiger partial charge on any atom is 0.272 e. The van der Waals surface area contributed by atoms with Gasteiger partial charge >= 0.3 is 0 Å². The van der Waals surface area contributed by atoms with E-state index in [0.717, 1.165) is 37.6 Å². The molecule has 0 aromatic heterocycles. The first-order valence-electron chi connectivity index (χ1n) is 6.03. The van der Waals surface area contributed by atoms with Gasteiger partial charge in [-0.25, -0.2) is 4.39 Å². The van der Waals surface area contributed by atoms with Crippen LogP contribution in [0.4, 0.5) is 10.1 Å². The molecule has 8 heteroatoms. The summed E-state index contributed by atoms with van der Waals surface area (Å²) in [5.41, 5.74) is -0.537. The van der Waals surface area contributed by atoms with Crippen molar-refractivity contribution in [1.29, 1.82) is 0 Å². The molecular formula is C12H15ClFN3O3. The highest BCUT2D eigenvalue weighted by molar-refractivity contribution is 5.94. The molecule has 2 rings (SSSR count). The molecule has 0 aliphatic carbocycles. The van der Waals surface area contributed by atoms with E-state index in [2.05, 4.69) is 10.6 Å². The minimum Gasteiger partial charge on any atom is -0.348 e. The van der Waals surface area contributed by atoms with Gasteiger partial charge in [0.2, 0.25) is 0 Å².